The van der Waals surface area contributed by atoms with Gasteiger partial charge in [-0.25, -0.2) is 0 Å². The van der Waals surface area contributed by atoms with Crippen molar-refractivity contribution < 1.29 is 0 Å². The van der Waals surface area contributed by atoms with E-state index in [1.54, 1.807) is 0 Å². The van der Waals surface area contributed by atoms with Gasteiger partial charge in [0.05, 0.1) is 6.92 Å². The maximum absolute atomic E-state index is 4.56. The lowest BCUT2D eigenvalue weighted by molar-refractivity contribution is 0.750. The van der Waals surface area contributed by atoms with E-state index < -0.39 is 0 Å². The minimum absolute atomic E-state index is 0.229. The summed E-state index contributed by atoms with van der Waals surface area (Å²) in [5.74, 6) is 0.375. The number of allylic oxidation sites excluding steroid dienone is 7. The third kappa shape index (κ3) is 1.28. The molecule has 0 aliphatic heterocycles. The van der Waals surface area contributed by atoms with Gasteiger partial charge in [0.2, 0.25) is 0 Å². The van der Waals surface area contributed by atoms with Crippen LogP contribution in [0.4, 0.5) is 0 Å². The van der Waals surface area contributed by atoms with Gasteiger partial charge in [-0.3, -0.25) is 0 Å². The molecule has 5 rings (SSSR count). The van der Waals surface area contributed by atoms with E-state index in [0.717, 1.165) is 0 Å². The van der Waals surface area contributed by atoms with Crippen molar-refractivity contribution in [2.75, 3.05) is 0 Å². The molecule has 0 saturated heterocycles. The van der Waals surface area contributed by atoms with E-state index in [9.17, 15) is 0 Å². The Bertz CT molecular complexity index is 905. The zero-order chi connectivity index (χ0) is 14.0. The molecule has 0 saturated carbocycles. The molecule has 2 aromatic carbocycles. The van der Waals surface area contributed by atoms with Crippen molar-refractivity contribution in [1.82, 2.24) is 0 Å². The van der Waals surface area contributed by atoms with Crippen molar-refractivity contribution in [1.29, 1.82) is 0 Å². The van der Waals surface area contributed by atoms with E-state index in [0.29, 0.717) is 5.92 Å². The van der Waals surface area contributed by atoms with Crippen molar-refractivity contribution >= 4 is 16.8 Å². The quantitative estimate of drug-likeness (QED) is 0.583. The average molecular weight is 267 g/mol. The molecule has 0 spiro atoms. The summed E-state index contributed by atoms with van der Waals surface area (Å²) in [4.78, 5) is 0. The van der Waals surface area contributed by atoms with E-state index >= 15 is 0 Å². The van der Waals surface area contributed by atoms with Gasteiger partial charge < -0.3 is 0 Å². The molecule has 2 atom stereocenters. The van der Waals surface area contributed by atoms with Gasteiger partial charge in [-0.05, 0) is 28.0 Å². The van der Waals surface area contributed by atoms with Gasteiger partial charge in [-0.15, -0.1) is 0 Å². The zero-order valence-corrected chi connectivity index (χ0v) is 11.7. The first-order chi connectivity index (χ1) is 10.3. The molecule has 0 nitrogen and oxygen atoms in total. The summed E-state index contributed by atoms with van der Waals surface area (Å²) in [6, 6.07) is 11.1. The Balaban J connectivity index is 1.96. The van der Waals surface area contributed by atoms with Gasteiger partial charge in [0.15, 0.2) is 5.41 Å². The van der Waals surface area contributed by atoms with Gasteiger partial charge in [0, 0.05) is 17.1 Å². The summed E-state index contributed by atoms with van der Waals surface area (Å²) < 4.78 is 0. The fourth-order valence-electron chi connectivity index (χ4n) is 4.02. The Morgan fingerprint density at radius 3 is 2.90 bits per heavy atom. The van der Waals surface area contributed by atoms with Gasteiger partial charge in [-0.1, -0.05) is 66.8 Å². The summed E-state index contributed by atoms with van der Waals surface area (Å²) in [7, 11) is 0. The molecule has 21 heavy (non-hydrogen) atoms. The lowest BCUT2D eigenvalue weighted by Gasteiger charge is -2.35. The van der Waals surface area contributed by atoms with Crippen LogP contribution in [0.1, 0.15) is 22.6 Å². The summed E-state index contributed by atoms with van der Waals surface area (Å²) in [6.07, 6.45) is 15.6. The smallest absolute Gasteiger partial charge is 0.0726 e. The van der Waals surface area contributed by atoms with E-state index in [1.807, 2.05) is 0 Å². The van der Waals surface area contributed by atoms with Crippen molar-refractivity contribution in [2.24, 2.45) is 0 Å². The highest BCUT2D eigenvalue weighted by atomic mass is 14.4. The predicted molar refractivity (Wildman–Crippen MR) is 89.1 cm³/mol. The molecule has 0 N–H and O–H groups in total. The number of rotatable bonds is 0. The molecule has 3 aliphatic carbocycles. The van der Waals surface area contributed by atoms with Crippen LogP contribution in [-0.4, -0.2) is 0 Å². The van der Waals surface area contributed by atoms with Crippen LogP contribution in [0.2, 0.25) is 0 Å². The second kappa shape index (κ2) is 3.59. The van der Waals surface area contributed by atoms with Gasteiger partial charge >= 0.3 is 0 Å². The van der Waals surface area contributed by atoms with Crippen LogP contribution < -0.4 is 0 Å². The van der Waals surface area contributed by atoms with Crippen molar-refractivity contribution in [3.8, 4) is 0 Å². The molecule has 0 aromatic heterocycles. The standard InChI is InChI=1S/C21H15/c1-21-12-3-2-7-17(21)13-16-9-8-14-5-4-6-15-10-11-18(21)20(16)19(14)15/h2-13,16H,1H2/q+1. The molecular formula is C21H15+. The van der Waals surface area contributed by atoms with E-state index in [2.05, 4.69) is 79.8 Å². The lowest BCUT2D eigenvalue weighted by atomic mass is 9.64. The number of hydrogen-bond acceptors (Lipinski definition) is 0. The van der Waals surface area contributed by atoms with Crippen LogP contribution in [0, 0.1) is 6.92 Å². The fraction of sp³-hybridized carbons (Fsp3) is 0.0952. The van der Waals surface area contributed by atoms with E-state index in [-0.39, 0.29) is 5.41 Å². The first-order valence-electron chi connectivity index (χ1n) is 7.45. The van der Waals surface area contributed by atoms with Gasteiger partial charge in [0.1, 0.15) is 0 Å². The van der Waals surface area contributed by atoms with E-state index in [1.165, 1.54) is 33.0 Å². The third-order valence-corrected chi connectivity index (χ3v) is 5.06. The van der Waals surface area contributed by atoms with Crippen molar-refractivity contribution in [3.63, 3.8) is 0 Å². The maximum atomic E-state index is 4.56. The van der Waals surface area contributed by atoms with Crippen molar-refractivity contribution in [3.05, 3.63) is 96.0 Å². The topological polar surface area (TPSA) is 0 Å². The number of fused-ring (bicyclic) bond motifs is 2. The van der Waals surface area contributed by atoms with Gasteiger partial charge in [-0.2, -0.15) is 0 Å². The molecule has 0 fully saturated rings. The molecule has 2 aromatic rings. The Kier molecular flexibility index (Phi) is 1.92. The zero-order valence-electron chi connectivity index (χ0n) is 11.7. The van der Waals surface area contributed by atoms with Crippen molar-refractivity contribution in [2.45, 2.75) is 11.3 Å². The molecule has 3 aliphatic rings. The van der Waals surface area contributed by atoms with Crippen LogP contribution in [0.3, 0.4) is 0 Å². The number of benzene rings is 2. The average Bonchev–Trinajstić information content (AvgIpc) is 2.52. The predicted octanol–water partition coefficient (Wildman–Crippen LogP) is 5.09. The van der Waals surface area contributed by atoms with Crippen LogP contribution in [0.25, 0.3) is 16.8 Å². The highest BCUT2D eigenvalue weighted by Crippen LogP contribution is 2.50. The highest BCUT2D eigenvalue weighted by molar-refractivity contribution is 5.98. The SMILES string of the molecule is [CH2+]C12C=CC=CC1=CC1C=Cc3cccc4ccc2c1c34. The highest BCUT2D eigenvalue weighted by Gasteiger charge is 2.43. The Morgan fingerprint density at radius 1 is 1.00 bits per heavy atom. The second-order valence-electron chi connectivity index (χ2n) is 6.17. The third-order valence-electron chi connectivity index (χ3n) is 5.06. The Labute approximate surface area is 124 Å². The molecule has 0 heterocycles. The van der Waals surface area contributed by atoms with Crippen LogP contribution in [-0.2, 0) is 5.41 Å². The summed E-state index contributed by atoms with van der Waals surface area (Å²) in [6.45, 7) is 4.56. The molecule has 0 bridgehead atoms. The molecule has 0 amide bonds. The minimum Gasteiger partial charge on any atom is -0.0726 e. The maximum Gasteiger partial charge on any atom is 0.174 e. The monoisotopic (exact) mass is 267 g/mol. The van der Waals surface area contributed by atoms with E-state index in [4.69, 9.17) is 0 Å². The molecule has 2 unspecified atom stereocenters. The Morgan fingerprint density at radius 2 is 1.95 bits per heavy atom. The first kappa shape index (κ1) is 11.2. The van der Waals surface area contributed by atoms with Crippen LogP contribution in [0.5, 0.6) is 0 Å². The fourth-order valence-corrected chi connectivity index (χ4v) is 4.02. The Hall–Kier alpha value is -2.47. The van der Waals surface area contributed by atoms with Crippen LogP contribution in [0.15, 0.2) is 72.4 Å². The second-order valence-corrected chi connectivity index (χ2v) is 6.17. The molecule has 0 heteroatoms. The van der Waals surface area contributed by atoms with Crippen LogP contribution >= 0.6 is 0 Å². The minimum atomic E-state index is -0.229. The summed E-state index contributed by atoms with van der Waals surface area (Å²) in [5, 5.41) is 2.74. The molecule has 0 radical (unpaired) electrons. The lowest BCUT2D eigenvalue weighted by Crippen LogP contribution is -2.29. The molecule has 98 valence electrons. The van der Waals surface area contributed by atoms with Gasteiger partial charge in [0.25, 0.3) is 0 Å². The molecular weight excluding hydrogens is 252 g/mol. The summed E-state index contributed by atoms with van der Waals surface area (Å²) in [5.41, 5.74) is 5.22. The largest absolute Gasteiger partial charge is 0.174 e. The summed E-state index contributed by atoms with van der Waals surface area (Å²) >= 11 is 0. The normalized spacial score (nSPS) is 27.6. The first-order valence-corrected chi connectivity index (χ1v) is 7.45. The number of hydrogen-bond donors (Lipinski definition) is 0.